The van der Waals surface area contributed by atoms with Crippen molar-refractivity contribution in [1.29, 1.82) is 0 Å². The van der Waals surface area contributed by atoms with Crippen molar-refractivity contribution >= 4 is 21.7 Å². The molecule has 0 unspecified atom stereocenters. The van der Waals surface area contributed by atoms with Crippen LogP contribution in [-0.2, 0) is 6.42 Å². The lowest BCUT2D eigenvalue weighted by Gasteiger charge is -2.08. The highest BCUT2D eigenvalue weighted by atomic mass is 79.9. The summed E-state index contributed by atoms with van der Waals surface area (Å²) < 4.78 is 14.6. The molecule has 2 aromatic rings. The Morgan fingerprint density at radius 1 is 1.28 bits per heavy atom. The molecular weight excluding hydrogens is 297 g/mol. The molecule has 1 aromatic heterocycles. The summed E-state index contributed by atoms with van der Waals surface area (Å²) in [6.45, 7) is 1.97. The van der Waals surface area contributed by atoms with Gasteiger partial charge in [0.2, 0.25) is 0 Å². The monoisotopic (exact) mass is 309 g/mol. The molecule has 0 aliphatic heterocycles. The van der Waals surface area contributed by atoms with Gasteiger partial charge in [-0.15, -0.1) is 0 Å². The van der Waals surface area contributed by atoms with E-state index in [4.69, 9.17) is 0 Å². The highest BCUT2D eigenvalue weighted by Crippen LogP contribution is 2.26. The lowest BCUT2D eigenvalue weighted by molar-refractivity contribution is 0.630. The van der Waals surface area contributed by atoms with Gasteiger partial charge in [-0.1, -0.05) is 22.9 Å². The molecule has 0 spiro atoms. The maximum atomic E-state index is 13.8. The van der Waals surface area contributed by atoms with Gasteiger partial charge in [-0.2, -0.15) is 0 Å². The molecule has 0 aliphatic rings. The summed E-state index contributed by atoms with van der Waals surface area (Å²) >= 11 is 3.34. The number of nitrogens with one attached hydrogen (secondary N) is 1. The van der Waals surface area contributed by atoms with Crippen LogP contribution in [0.3, 0.4) is 0 Å². The average Bonchev–Trinajstić information content (AvgIpc) is 2.40. The minimum Gasteiger partial charge on any atom is -0.373 e. The van der Waals surface area contributed by atoms with E-state index in [1.165, 1.54) is 6.07 Å². The van der Waals surface area contributed by atoms with Crippen molar-refractivity contribution in [3.8, 4) is 11.3 Å². The van der Waals surface area contributed by atoms with Gasteiger partial charge in [0.25, 0.3) is 0 Å². The Balaban J connectivity index is 2.58. The fourth-order valence-electron chi connectivity index (χ4n) is 1.62. The van der Waals surface area contributed by atoms with Crippen LogP contribution in [0, 0.1) is 5.82 Å². The standard InChI is InChI=1S/C13H13BrFN3/c1-3-12-17-11(7-13(16-2)18-12)9-6-8(14)4-5-10(9)15/h4-7H,3H2,1-2H3,(H,16,17,18). The molecule has 0 atom stereocenters. The summed E-state index contributed by atoms with van der Waals surface area (Å²) in [5.74, 6) is 1.09. The van der Waals surface area contributed by atoms with Crippen LogP contribution in [0.25, 0.3) is 11.3 Å². The van der Waals surface area contributed by atoms with Crippen molar-refractivity contribution in [2.24, 2.45) is 0 Å². The number of rotatable bonds is 3. The van der Waals surface area contributed by atoms with Gasteiger partial charge in [0.15, 0.2) is 0 Å². The summed E-state index contributed by atoms with van der Waals surface area (Å²) in [5, 5.41) is 2.96. The third kappa shape index (κ3) is 2.67. The third-order valence-electron chi connectivity index (χ3n) is 2.55. The summed E-state index contributed by atoms with van der Waals surface area (Å²) in [4.78, 5) is 8.65. The molecular formula is C13H13BrFN3. The van der Waals surface area contributed by atoms with Crippen LogP contribution in [0.1, 0.15) is 12.7 Å². The van der Waals surface area contributed by atoms with Crippen molar-refractivity contribution in [1.82, 2.24) is 9.97 Å². The number of anilines is 1. The van der Waals surface area contributed by atoms with Gasteiger partial charge >= 0.3 is 0 Å². The van der Waals surface area contributed by atoms with Crippen LogP contribution in [0.4, 0.5) is 10.2 Å². The Morgan fingerprint density at radius 3 is 2.72 bits per heavy atom. The van der Waals surface area contributed by atoms with E-state index in [1.54, 1.807) is 25.2 Å². The van der Waals surface area contributed by atoms with E-state index in [0.29, 0.717) is 29.3 Å². The Hall–Kier alpha value is -1.49. The Morgan fingerprint density at radius 2 is 2.06 bits per heavy atom. The highest BCUT2D eigenvalue weighted by Gasteiger charge is 2.10. The summed E-state index contributed by atoms with van der Waals surface area (Å²) in [7, 11) is 1.78. The number of hydrogen-bond acceptors (Lipinski definition) is 3. The third-order valence-corrected chi connectivity index (χ3v) is 3.04. The van der Waals surface area contributed by atoms with Gasteiger partial charge in [0.05, 0.1) is 5.69 Å². The largest absolute Gasteiger partial charge is 0.373 e. The molecule has 0 saturated carbocycles. The van der Waals surface area contributed by atoms with Crippen LogP contribution in [0.5, 0.6) is 0 Å². The number of aryl methyl sites for hydroxylation is 1. The number of nitrogens with zero attached hydrogens (tertiary/aromatic N) is 2. The Labute approximate surface area is 114 Å². The zero-order chi connectivity index (χ0) is 13.1. The maximum absolute atomic E-state index is 13.8. The molecule has 2 rings (SSSR count). The fraction of sp³-hybridized carbons (Fsp3) is 0.231. The van der Waals surface area contributed by atoms with Crippen LogP contribution in [0.2, 0.25) is 0 Å². The van der Waals surface area contributed by atoms with Gasteiger partial charge in [-0.05, 0) is 18.2 Å². The molecule has 0 radical (unpaired) electrons. The molecule has 1 heterocycles. The zero-order valence-electron chi connectivity index (χ0n) is 10.2. The first-order valence-corrected chi connectivity index (χ1v) is 6.44. The first kappa shape index (κ1) is 13.0. The topological polar surface area (TPSA) is 37.8 Å². The van der Waals surface area contributed by atoms with E-state index in [9.17, 15) is 4.39 Å². The van der Waals surface area contributed by atoms with Crippen LogP contribution in [0.15, 0.2) is 28.7 Å². The number of halogens is 2. The Kier molecular flexibility index (Phi) is 3.91. The molecule has 0 fully saturated rings. The Bertz CT molecular complexity index is 550. The second-order valence-corrected chi connectivity index (χ2v) is 4.70. The molecule has 1 N–H and O–H groups in total. The summed E-state index contributed by atoms with van der Waals surface area (Å²) in [6.07, 6.45) is 0.706. The maximum Gasteiger partial charge on any atom is 0.132 e. The van der Waals surface area contributed by atoms with Gasteiger partial charge in [-0.3, -0.25) is 0 Å². The first-order chi connectivity index (χ1) is 8.63. The van der Waals surface area contributed by atoms with E-state index in [1.807, 2.05) is 6.92 Å². The van der Waals surface area contributed by atoms with Gasteiger partial charge in [-0.25, -0.2) is 14.4 Å². The van der Waals surface area contributed by atoms with E-state index in [-0.39, 0.29) is 5.82 Å². The van der Waals surface area contributed by atoms with Crippen molar-refractivity contribution in [2.75, 3.05) is 12.4 Å². The summed E-state index contributed by atoms with van der Waals surface area (Å²) in [5.41, 5.74) is 1.06. The van der Waals surface area contributed by atoms with E-state index >= 15 is 0 Å². The second kappa shape index (κ2) is 5.44. The SMILES string of the molecule is CCc1nc(NC)cc(-c2cc(Br)ccc2F)n1. The summed E-state index contributed by atoms with van der Waals surface area (Å²) in [6, 6.07) is 6.55. The molecule has 0 saturated heterocycles. The molecule has 3 nitrogen and oxygen atoms in total. The van der Waals surface area contributed by atoms with Crippen LogP contribution >= 0.6 is 15.9 Å². The fourth-order valence-corrected chi connectivity index (χ4v) is 1.98. The normalized spacial score (nSPS) is 10.4. The van der Waals surface area contributed by atoms with Crippen molar-refractivity contribution in [3.05, 3.63) is 40.4 Å². The molecule has 1 aromatic carbocycles. The van der Waals surface area contributed by atoms with Gasteiger partial charge < -0.3 is 5.32 Å². The molecule has 5 heteroatoms. The molecule has 94 valence electrons. The highest BCUT2D eigenvalue weighted by molar-refractivity contribution is 9.10. The molecule has 0 aliphatic carbocycles. The van der Waals surface area contributed by atoms with Crippen LogP contribution in [-0.4, -0.2) is 17.0 Å². The molecule has 18 heavy (non-hydrogen) atoms. The molecule has 0 bridgehead atoms. The smallest absolute Gasteiger partial charge is 0.132 e. The van der Waals surface area contributed by atoms with Crippen molar-refractivity contribution < 1.29 is 4.39 Å². The van der Waals surface area contributed by atoms with Gasteiger partial charge in [0, 0.05) is 29.6 Å². The lowest BCUT2D eigenvalue weighted by atomic mass is 10.1. The minimum atomic E-state index is -0.291. The number of benzene rings is 1. The first-order valence-electron chi connectivity index (χ1n) is 5.65. The average molecular weight is 310 g/mol. The second-order valence-electron chi connectivity index (χ2n) is 3.78. The minimum absolute atomic E-state index is 0.291. The van der Waals surface area contributed by atoms with E-state index in [0.717, 1.165) is 4.47 Å². The van der Waals surface area contributed by atoms with E-state index in [2.05, 4.69) is 31.2 Å². The van der Waals surface area contributed by atoms with Crippen molar-refractivity contribution in [2.45, 2.75) is 13.3 Å². The van der Waals surface area contributed by atoms with Gasteiger partial charge in [0.1, 0.15) is 17.5 Å². The number of hydrogen-bond donors (Lipinski definition) is 1. The van der Waals surface area contributed by atoms with Crippen molar-refractivity contribution in [3.63, 3.8) is 0 Å². The van der Waals surface area contributed by atoms with E-state index < -0.39 is 0 Å². The predicted octanol–water partition coefficient (Wildman–Crippen LogP) is 3.65. The number of aromatic nitrogens is 2. The molecule has 0 amide bonds. The van der Waals surface area contributed by atoms with Crippen LogP contribution < -0.4 is 5.32 Å². The quantitative estimate of drug-likeness (QED) is 0.940. The predicted molar refractivity (Wildman–Crippen MR) is 74.1 cm³/mol. The zero-order valence-corrected chi connectivity index (χ0v) is 11.8. The lowest BCUT2D eigenvalue weighted by Crippen LogP contribution is -2.01.